The Morgan fingerprint density at radius 1 is 0.938 bits per heavy atom. The van der Waals surface area contributed by atoms with Gasteiger partial charge in [-0.15, -0.1) is 0 Å². The quantitative estimate of drug-likeness (QED) is 0.359. The molecule has 0 aliphatic carbocycles. The number of hydrogen-bond donors (Lipinski definition) is 2. The summed E-state index contributed by atoms with van der Waals surface area (Å²) in [4.78, 5) is 19.8. The van der Waals surface area contributed by atoms with Crippen LogP contribution in [0.25, 0.3) is 5.82 Å². The van der Waals surface area contributed by atoms with E-state index >= 15 is 0 Å². The van der Waals surface area contributed by atoms with E-state index < -0.39 is 34.4 Å². The average Bonchev–Trinajstić information content (AvgIpc) is 3.06. The van der Waals surface area contributed by atoms with Gasteiger partial charge < -0.3 is 0 Å². The van der Waals surface area contributed by atoms with Crippen LogP contribution < -0.4 is 10.9 Å². The zero-order chi connectivity index (χ0) is 23.8. The van der Waals surface area contributed by atoms with E-state index in [9.17, 15) is 31.1 Å². The predicted molar refractivity (Wildman–Crippen MR) is 104 cm³/mol. The smallest absolute Gasteiger partial charge is 0.293 e. The molecule has 0 bridgehead atoms. The van der Waals surface area contributed by atoms with Crippen molar-refractivity contribution in [3.05, 3.63) is 69.2 Å². The van der Waals surface area contributed by atoms with Crippen LogP contribution in [0.2, 0.25) is 10.0 Å². The molecule has 0 aromatic carbocycles. The number of rotatable bonds is 4. The summed E-state index contributed by atoms with van der Waals surface area (Å²) >= 11 is 11.7. The second-order valence-electron chi connectivity index (χ2n) is 6.35. The van der Waals surface area contributed by atoms with Crippen LogP contribution in [0, 0.1) is 6.92 Å². The van der Waals surface area contributed by atoms with Gasteiger partial charge in [-0.1, -0.05) is 23.2 Å². The number of pyridine rings is 2. The van der Waals surface area contributed by atoms with Gasteiger partial charge in [0.2, 0.25) is 0 Å². The summed E-state index contributed by atoms with van der Waals surface area (Å²) in [5, 5.41) is -0.757. The van der Waals surface area contributed by atoms with Crippen LogP contribution in [0.5, 0.6) is 0 Å². The minimum atomic E-state index is -4.65. The zero-order valence-electron chi connectivity index (χ0n) is 15.7. The van der Waals surface area contributed by atoms with Crippen molar-refractivity contribution in [3.8, 4) is 5.82 Å². The predicted octanol–water partition coefficient (Wildman–Crippen LogP) is 5.68. The van der Waals surface area contributed by atoms with Crippen molar-refractivity contribution in [2.75, 3.05) is 5.43 Å². The molecule has 0 saturated carbocycles. The first kappa shape index (κ1) is 23.7. The van der Waals surface area contributed by atoms with E-state index in [1.165, 1.54) is 16.7 Å². The Morgan fingerprint density at radius 2 is 1.50 bits per heavy atom. The van der Waals surface area contributed by atoms with E-state index in [0.29, 0.717) is 30.2 Å². The number of nitrogens with one attached hydrogen (secondary N) is 2. The third kappa shape index (κ3) is 4.91. The summed E-state index contributed by atoms with van der Waals surface area (Å²) in [5.41, 5.74) is 2.71. The van der Waals surface area contributed by atoms with Gasteiger partial charge in [0.1, 0.15) is 5.69 Å². The summed E-state index contributed by atoms with van der Waals surface area (Å²) in [5.74, 6) is -1.19. The van der Waals surface area contributed by atoms with Crippen LogP contribution in [0.4, 0.5) is 32.2 Å². The number of hydrogen-bond acceptors (Lipinski definition) is 4. The second kappa shape index (κ2) is 8.51. The summed E-state index contributed by atoms with van der Waals surface area (Å²) in [7, 11) is 0. The standard InChI is InChI=1S/C18H11Cl2F6N5O/c1-8-2-3-13(31(8)15-12(20)5-10(7-28-15)18(24,25)26)16(32)30-29-14-11(19)4-9(6-27-14)17(21,22)23/h2-7H,1H3,(H,27,29)(H,30,32). The van der Waals surface area contributed by atoms with Crippen LogP contribution in [0.3, 0.4) is 0 Å². The molecule has 170 valence electrons. The van der Waals surface area contributed by atoms with Gasteiger partial charge in [0, 0.05) is 18.1 Å². The third-order valence-corrected chi connectivity index (χ3v) is 4.70. The topological polar surface area (TPSA) is 71.8 Å². The number of amides is 1. The molecule has 0 unspecified atom stereocenters. The van der Waals surface area contributed by atoms with Crippen LogP contribution >= 0.6 is 23.2 Å². The summed E-state index contributed by atoms with van der Waals surface area (Å²) < 4.78 is 77.9. The molecule has 1 amide bonds. The number of carbonyl (C=O) groups is 1. The van der Waals surface area contributed by atoms with Gasteiger partial charge in [-0.25, -0.2) is 9.97 Å². The van der Waals surface area contributed by atoms with Gasteiger partial charge in [-0.2, -0.15) is 26.3 Å². The molecular formula is C18H11Cl2F6N5O. The second-order valence-corrected chi connectivity index (χ2v) is 7.17. The number of nitrogens with zero attached hydrogens (tertiary/aromatic N) is 3. The fourth-order valence-corrected chi connectivity index (χ4v) is 3.08. The molecule has 0 atom stereocenters. The molecule has 14 heteroatoms. The number of hydrazine groups is 1. The molecule has 0 fully saturated rings. The SMILES string of the molecule is Cc1ccc(C(=O)NNc2ncc(C(F)(F)F)cc2Cl)n1-c1ncc(C(F)(F)F)cc1Cl. The molecule has 3 aromatic heterocycles. The maximum Gasteiger partial charge on any atom is 0.417 e. The van der Waals surface area contributed by atoms with Gasteiger partial charge in [0.25, 0.3) is 5.91 Å². The normalized spacial score (nSPS) is 12.0. The molecule has 32 heavy (non-hydrogen) atoms. The Bertz CT molecular complexity index is 1180. The molecule has 0 aliphatic heterocycles. The fraction of sp³-hybridized carbons (Fsp3) is 0.167. The Balaban J connectivity index is 1.85. The van der Waals surface area contributed by atoms with Crippen LogP contribution in [-0.4, -0.2) is 20.4 Å². The minimum Gasteiger partial charge on any atom is -0.293 e. The number of aryl methyl sites for hydroxylation is 1. The van der Waals surface area contributed by atoms with Gasteiger partial charge >= 0.3 is 12.4 Å². The first-order valence-electron chi connectivity index (χ1n) is 8.49. The van der Waals surface area contributed by atoms with Gasteiger partial charge in [0.15, 0.2) is 11.6 Å². The summed E-state index contributed by atoms with van der Waals surface area (Å²) in [6, 6.07) is 4.15. The van der Waals surface area contributed by atoms with Crippen LogP contribution in [0.15, 0.2) is 36.7 Å². The van der Waals surface area contributed by atoms with E-state index in [1.54, 1.807) is 6.92 Å². The Labute approximate surface area is 186 Å². The average molecular weight is 498 g/mol. The van der Waals surface area contributed by atoms with E-state index in [4.69, 9.17) is 23.2 Å². The molecule has 2 N–H and O–H groups in total. The molecular weight excluding hydrogens is 487 g/mol. The van der Waals surface area contributed by atoms with Crippen LogP contribution in [0.1, 0.15) is 27.3 Å². The summed E-state index contributed by atoms with van der Waals surface area (Å²) in [6.07, 6.45) is -8.20. The highest BCUT2D eigenvalue weighted by Crippen LogP contribution is 2.33. The maximum atomic E-state index is 12.9. The fourth-order valence-electron chi connectivity index (χ4n) is 2.61. The lowest BCUT2D eigenvalue weighted by Crippen LogP contribution is -2.31. The van der Waals surface area contributed by atoms with Gasteiger partial charge in [0.05, 0.1) is 21.2 Å². The van der Waals surface area contributed by atoms with Crippen molar-refractivity contribution in [3.63, 3.8) is 0 Å². The summed E-state index contributed by atoms with van der Waals surface area (Å²) in [6.45, 7) is 1.56. The largest absolute Gasteiger partial charge is 0.417 e. The third-order valence-electron chi connectivity index (χ3n) is 4.13. The van der Waals surface area contributed by atoms with Crippen molar-refractivity contribution in [1.29, 1.82) is 0 Å². The van der Waals surface area contributed by atoms with E-state index in [0.717, 1.165) is 0 Å². The maximum absolute atomic E-state index is 12.9. The number of alkyl halides is 6. The Morgan fingerprint density at radius 3 is 2.03 bits per heavy atom. The first-order chi connectivity index (χ1) is 14.8. The van der Waals surface area contributed by atoms with Crippen molar-refractivity contribution < 1.29 is 31.1 Å². The zero-order valence-corrected chi connectivity index (χ0v) is 17.2. The molecule has 0 radical (unpaired) electrons. The molecule has 0 aliphatic rings. The van der Waals surface area contributed by atoms with Gasteiger partial charge in [-0.3, -0.25) is 20.2 Å². The number of carbonyl (C=O) groups excluding carboxylic acids is 1. The number of aromatic nitrogens is 3. The Hall–Kier alpha value is -2.99. The Kier molecular flexibility index (Phi) is 6.29. The molecule has 0 saturated heterocycles. The van der Waals surface area contributed by atoms with Crippen LogP contribution in [-0.2, 0) is 12.4 Å². The lowest BCUT2D eigenvalue weighted by Gasteiger charge is -2.15. The molecule has 3 aromatic rings. The monoisotopic (exact) mass is 497 g/mol. The number of halogens is 8. The molecule has 6 nitrogen and oxygen atoms in total. The highest BCUT2D eigenvalue weighted by molar-refractivity contribution is 6.33. The minimum absolute atomic E-state index is 0.0767. The van der Waals surface area contributed by atoms with E-state index in [-0.39, 0.29) is 22.4 Å². The first-order valence-corrected chi connectivity index (χ1v) is 9.25. The molecule has 3 heterocycles. The van der Waals surface area contributed by atoms with Crippen molar-refractivity contribution in [2.24, 2.45) is 0 Å². The lowest BCUT2D eigenvalue weighted by atomic mass is 10.2. The highest BCUT2D eigenvalue weighted by atomic mass is 35.5. The molecule has 0 spiro atoms. The van der Waals surface area contributed by atoms with E-state index in [2.05, 4.69) is 20.8 Å². The van der Waals surface area contributed by atoms with E-state index in [1.807, 2.05) is 0 Å². The molecule has 3 rings (SSSR count). The lowest BCUT2D eigenvalue weighted by molar-refractivity contribution is -0.138. The highest BCUT2D eigenvalue weighted by Gasteiger charge is 2.33. The number of anilines is 1. The van der Waals surface area contributed by atoms with Gasteiger partial charge in [-0.05, 0) is 31.2 Å². The van der Waals surface area contributed by atoms with Crippen molar-refractivity contribution in [1.82, 2.24) is 20.0 Å². The van der Waals surface area contributed by atoms with Crippen molar-refractivity contribution >= 4 is 34.9 Å². The van der Waals surface area contributed by atoms with Crippen molar-refractivity contribution in [2.45, 2.75) is 19.3 Å².